The van der Waals surface area contributed by atoms with Crippen molar-refractivity contribution < 1.29 is 23.4 Å². The first-order valence-corrected chi connectivity index (χ1v) is 7.57. The zero-order valence-electron chi connectivity index (χ0n) is 14.3. The molecule has 0 bridgehead atoms. The number of hydrogen-bond donors (Lipinski definition) is 2. The van der Waals surface area contributed by atoms with E-state index in [9.17, 15) is 19.0 Å². The monoisotopic (exact) mass is 338 g/mol. The highest BCUT2D eigenvalue weighted by Crippen LogP contribution is 2.48. The van der Waals surface area contributed by atoms with Gasteiger partial charge < -0.3 is 10.2 Å². The van der Waals surface area contributed by atoms with Gasteiger partial charge in [-0.2, -0.15) is 0 Å². The zero-order chi connectivity index (χ0) is 18.4. The Balaban J connectivity index is 2.83. The third-order valence-corrected chi connectivity index (χ3v) is 4.38. The van der Waals surface area contributed by atoms with Crippen molar-refractivity contribution in [3.8, 4) is 11.5 Å². The molecule has 0 heterocycles. The van der Waals surface area contributed by atoms with Gasteiger partial charge in [0.1, 0.15) is 11.5 Å². The average Bonchev–Trinajstić information content (AvgIpc) is 2.47. The van der Waals surface area contributed by atoms with Crippen molar-refractivity contribution >= 4 is 0 Å². The summed E-state index contributed by atoms with van der Waals surface area (Å²) in [4.78, 5) is 0. The number of phenolic OH excluding ortho intramolecular Hbond substituents is 2. The van der Waals surface area contributed by atoms with E-state index in [2.05, 4.69) is 0 Å². The number of benzene rings is 2. The normalized spacial score (nSPS) is 12.5. The third-order valence-electron chi connectivity index (χ3n) is 4.38. The van der Waals surface area contributed by atoms with Crippen molar-refractivity contribution in [3.63, 3.8) is 0 Å². The molecule has 0 aliphatic carbocycles. The van der Waals surface area contributed by atoms with Gasteiger partial charge in [0.05, 0.1) is 0 Å². The fourth-order valence-corrected chi connectivity index (χ4v) is 2.98. The standard InChI is InChI=1S/C19H21F3O2/c1-10-6-14(7-11(2)16(10)23)19(22,18(5,20)21)15-8-12(3)17(24)13(4)9-15/h6-9,23-24H,1-5H3. The Hall–Kier alpha value is -2.17. The van der Waals surface area contributed by atoms with E-state index in [4.69, 9.17) is 0 Å². The topological polar surface area (TPSA) is 40.5 Å². The second-order valence-electron chi connectivity index (χ2n) is 6.46. The van der Waals surface area contributed by atoms with E-state index in [0.717, 1.165) is 0 Å². The molecule has 0 saturated carbocycles. The maximum atomic E-state index is 15.8. The minimum Gasteiger partial charge on any atom is -0.507 e. The fraction of sp³-hybridized carbons (Fsp3) is 0.368. The van der Waals surface area contributed by atoms with E-state index in [0.29, 0.717) is 29.2 Å². The number of rotatable bonds is 3. The van der Waals surface area contributed by atoms with Crippen LogP contribution in [0.25, 0.3) is 0 Å². The molecule has 0 spiro atoms. The number of aromatic hydroxyl groups is 2. The van der Waals surface area contributed by atoms with Crippen LogP contribution in [0.15, 0.2) is 24.3 Å². The lowest BCUT2D eigenvalue weighted by Gasteiger charge is -2.33. The Morgan fingerprint density at radius 1 is 0.667 bits per heavy atom. The molecule has 0 aliphatic rings. The second-order valence-corrected chi connectivity index (χ2v) is 6.46. The molecule has 2 aromatic rings. The quantitative estimate of drug-likeness (QED) is 0.807. The van der Waals surface area contributed by atoms with Crippen LogP contribution in [0.3, 0.4) is 0 Å². The third kappa shape index (κ3) is 2.72. The Morgan fingerprint density at radius 3 is 1.12 bits per heavy atom. The van der Waals surface area contributed by atoms with E-state index >= 15 is 4.39 Å². The predicted molar refractivity (Wildman–Crippen MR) is 87.7 cm³/mol. The summed E-state index contributed by atoms with van der Waals surface area (Å²) in [5, 5.41) is 19.7. The first-order valence-electron chi connectivity index (χ1n) is 7.57. The molecule has 24 heavy (non-hydrogen) atoms. The summed E-state index contributed by atoms with van der Waals surface area (Å²) < 4.78 is 44.6. The van der Waals surface area contributed by atoms with Crippen LogP contribution in [0.2, 0.25) is 0 Å². The van der Waals surface area contributed by atoms with Crippen molar-refractivity contribution in [3.05, 3.63) is 57.6 Å². The van der Waals surface area contributed by atoms with Crippen molar-refractivity contribution in [2.45, 2.75) is 46.2 Å². The van der Waals surface area contributed by atoms with Crippen LogP contribution in [0.5, 0.6) is 11.5 Å². The molecule has 0 atom stereocenters. The van der Waals surface area contributed by atoms with Crippen molar-refractivity contribution in [1.82, 2.24) is 0 Å². The summed E-state index contributed by atoms with van der Waals surface area (Å²) in [6.45, 7) is 6.67. The summed E-state index contributed by atoms with van der Waals surface area (Å²) in [7, 11) is 0. The number of alkyl halides is 3. The molecule has 130 valence electrons. The SMILES string of the molecule is Cc1cc(C(F)(c2cc(C)c(O)c(C)c2)C(C)(F)F)cc(C)c1O. The van der Waals surface area contributed by atoms with Crippen molar-refractivity contribution in [2.24, 2.45) is 0 Å². The molecule has 2 N–H and O–H groups in total. The number of halogens is 3. The van der Waals surface area contributed by atoms with Gasteiger partial charge in [0.25, 0.3) is 5.92 Å². The molecule has 5 heteroatoms. The zero-order valence-corrected chi connectivity index (χ0v) is 14.3. The molecule has 2 rings (SSSR count). The van der Waals surface area contributed by atoms with Crippen LogP contribution < -0.4 is 0 Å². The lowest BCUT2D eigenvalue weighted by molar-refractivity contribution is -0.106. The molecule has 0 radical (unpaired) electrons. The van der Waals surface area contributed by atoms with Crippen LogP contribution in [-0.2, 0) is 5.67 Å². The molecular formula is C19H21F3O2. The van der Waals surface area contributed by atoms with Crippen molar-refractivity contribution in [1.29, 1.82) is 0 Å². The summed E-state index contributed by atoms with van der Waals surface area (Å²) >= 11 is 0. The molecule has 2 aromatic carbocycles. The lowest BCUT2D eigenvalue weighted by atomic mass is 9.80. The summed E-state index contributed by atoms with van der Waals surface area (Å²) in [5.41, 5.74) is -2.25. The maximum absolute atomic E-state index is 15.8. The average molecular weight is 338 g/mol. The van der Waals surface area contributed by atoms with Gasteiger partial charge >= 0.3 is 0 Å². The Morgan fingerprint density at radius 2 is 0.917 bits per heavy atom. The number of hydrogen-bond acceptors (Lipinski definition) is 2. The van der Waals surface area contributed by atoms with E-state index in [1.807, 2.05) is 0 Å². The molecule has 0 aliphatic heterocycles. The number of phenols is 2. The fourth-order valence-electron chi connectivity index (χ4n) is 2.98. The minimum absolute atomic E-state index is 0.0430. The van der Waals surface area contributed by atoms with Gasteiger partial charge in [-0.05, 0) is 74.2 Å². The first kappa shape index (κ1) is 18.2. The lowest BCUT2D eigenvalue weighted by Crippen LogP contribution is -2.40. The highest BCUT2D eigenvalue weighted by Gasteiger charge is 2.54. The van der Waals surface area contributed by atoms with Gasteiger partial charge in [-0.15, -0.1) is 0 Å². The molecule has 0 aromatic heterocycles. The van der Waals surface area contributed by atoms with Gasteiger partial charge in [-0.25, -0.2) is 13.2 Å². The minimum atomic E-state index is -3.71. The summed E-state index contributed by atoms with van der Waals surface area (Å²) in [6.07, 6.45) is 0. The second kappa shape index (κ2) is 5.72. The highest BCUT2D eigenvalue weighted by atomic mass is 19.3. The summed E-state index contributed by atoms with van der Waals surface area (Å²) in [5.74, 6) is -3.80. The Labute approximate surface area is 139 Å². The van der Waals surface area contributed by atoms with Gasteiger partial charge in [0.15, 0.2) is 0 Å². The van der Waals surface area contributed by atoms with Crippen LogP contribution >= 0.6 is 0 Å². The van der Waals surface area contributed by atoms with Crippen LogP contribution in [0.4, 0.5) is 13.2 Å². The molecule has 2 nitrogen and oxygen atoms in total. The van der Waals surface area contributed by atoms with Crippen LogP contribution in [0.1, 0.15) is 40.3 Å². The Kier molecular flexibility index (Phi) is 4.33. The Bertz CT molecular complexity index is 688. The summed E-state index contributed by atoms with van der Waals surface area (Å²) in [6, 6.07) is 4.93. The molecule has 0 amide bonds. The largest absolute Gasteiger partial charge is 0.507 e. The van der Waals surface area contributed by atoms with Gasteiger partial charge in [-0.3, -0.25) is 0 Å². The highest BCUT2D eigenvalue weighted by molar-refractivity contribution is 5.51. The smallest absolute Gasteiger partial charge is 0.287 e. The molecule has 0 saturated heterocycles. The molecule has 0 unspecified atom stereocenters. The van der Waals surface area contributed by atoms with Crippen molar-refractivity contribution in [2.75, 3.05) is 0 Å². The molecular weight excluding hydrogens is 317 g/mol. The van der Waals surface area contributed by atoms with Gasteiger partial charge in [0, 0.05) is 18.1 Å². The maximum Gasteiger partial charge on any atom is 0.287 e. The van der Waals surface area contributed by atoms with Crippen LogP contribution in [-0.4, -0.2) is 16.1 Å². The van der Waals surface area contributed by atoms with Crippen LogP contribution in [0, 0.1) is 27.7 Å². The number of aryl methyl sites for hydroxylation is 4. The van der Waals surface area contributed by atoms with E-state index in [1.165, 1.54) is 52.0 Å². The van der Waals surface area contributed by atoms with E-state index in [1.54, 1.807) is 0 Å². The predicted octanol–water partition coefficient (Wildman–Crippen LogP) is 5.20. The first-order chi connectivity index (χ1) is 10.9. The van der Waals surface area contributed by atoms with Gasteiger partial charge in [-0.1, -0.05) is 0 Å². The van der Waals surface area contributed by atoms with E-state index in [-0.39, 0.29) is 22.6 Å². The van der Waals surface area contributed by atoms with E-state index < -0.39 is 11.6 Å². The van der Waals surface area contributed by atoms with Gasteiger partial charge in [0.2, 0.25) is 5.67 Å². The molecule has 0 fully saturated rings.